The highest BCUT2D eigenvalue weighted by atomic mass is 32.1. The zero-order valence-corrected chi connectivity index (χ0v) is 15.2. The van der Waals surface area contributed by atoms with Crippen LogP contribution in [0.1, 0.15) is 10.4 Å². The fourth-order valence-electron chi connectivity index (χ4n) is 3.26. The summed E-state index contributed by atoms with van der Waals surface area (Å²) in [6.07, 6.45) is 9.29. The van der Waals surface area contributed by atoms with Gasteiger partial charge < -0.3 is 14.6 Å². The summed E-state index contributed by atoms with van der Waals surface area (Å²) >= 11 is 6.86. The smallest absolute Gasteiger partial charge is 0.215 e. The lowest BCUT2D eigenvalue weighted by Crippen LogP contribution is -2.21. The van der Waals surface area contributed by atoms with Gasteiger partial charge in [0, 0.05) is 23.0 Å². The van der Waals surface area contributed by atoms with E-state index in [9.17, 15) is 5.11 Å². The molecule has 7 heteroatoms. The molecule has 2 aromatic rings. The van der Waals surface area contributed by atoms with Gasteiger partial charge in [0.05, 0.1) is 10.6 Å². The fraction of sp³-hybridized carbons (Fsp3) is 0.158. The Bertz CT molecular complexity index is 1070. The molecule has 0 saturated carbocycles. The number of allylic oxidation sites excluding steroid dienone is 3. The molecule has 1 aromatic heterocycles. The Balaban J connectivity index is 1.55. The van der Waals surface area contributed by atoms with E-state index < -0.39 is 0 Å². The van der Waals surface area contributed by atoms with E-state index in [0.717, 1.165) is 22.5 Å². The van der Waals surface area contributed by atoms with Crippen LogP contribution < -0.4 is 0 Å². The molecular weight excluding hydrogens is 368 g/mol. The molecule has 26 heavy (non-hydrogen) atoms. The molecule has 130 valence electrons. The van der Waals surface area contributed by atoms with Gasteiger partial charge in [-0.1, -0.05) is 24.3 Å². The molecule has 2 aliphatic heterocycles. The molecule has 2 atom stereocenters. The van der Waals surface area contributed by atoms with Gasteiger partial charge >= 0.3 is 0 Å². The van der Waals surface area contributed by atoms with E-state index in [1.165, 1.54) is 11.3 Å². The number of nitrogens with zero attached hydrogens (tertiary/aromatic N) is 2. The van der Waals surface area contributed by atoms with Crippen LogP contribution in [0.25, 0.3) is 17.3 Å². The molecule has 5 nitrogen and oxygen atoms in total. The summed E-state index contributed by atoms with van der Waals surface area (Å²) in [5.74, 6) is 0.124. The number of fused-ring (bicyclic) bond motifs is 2. The number of aromatic hydroxyl groups is 1. The molecule has 3 aliphatic rings. The van der Waals surface area contributed by atoms with Crippen LogP contribution in [0.3, 0.4) is 0 Å². The first-order valence-electron chi connectivity index (χ1n) is 8.14. The largest absolute Gasteiger partial charge is 0.493 e. The first kappa shape index (κ1) is 15.9. The molecule has 0 amide bonds. The van der Waals surface area contributed by atoms with Crippen molar-refractivity contribution < 1.29 is 14.6 Å². The van der Waals surface area contributed by atoms with Crippen molar-refractivity contribution in [3.05, 3.63) is 56.9 Å². The maximum Gasteiger partial charge on any atom is 0.215 e. The minimum absolute atomic E-state index is 0.0681. The van der Waals surface area contributed by atoms with Crippen molar-refractivity contribution in [2.24, 2.45) is 4.99 Å². The van der Waals surface area contributed by atoms with E-state index in [-0.39, 0.29) is 24.9 Å². The number of hydrogen-bond donors (Lipinski definition) is 1. The maximum atomic E-state index is 10.8. The number of para-hydroxylation sites is 1. The normalized spacial score (nSPS) is 24.8. The summed E-state index contributed by atoms with van der Waals surface area (Å²) < 4.78 is 13.2. The molecule has 1 fully saturated rings. The van der Waals surface area contributed by atoms with E-state index in [0.29, 0.717) is 8.83 Å². The van der Waals surface area contributed by atoms with Crippen LogP contribution in [0.15, 0.2) is 47.5 Å². The summed E-state index contributed by atoms with van der Waals surface area (Å²) in [5.41, 5.74) is 3.73. The van der Waals surface area contributed by atoms with Gasteiger partial charge in [-0.15, -0.1) is 11.3 Å². The lowest BCUT2D eigenvalue weighted by Gasteiger charge is -2.17. The number of ether oxygens (including phenoxy) is 2. The van der Waals surface area contributed by atoms with Crippen molar-refractivity contribution in [2.45, 2.75) is 12.2 Å². The molecule has 1 aliphatic carbocycles. The number of thiazole rings is 1. The van der Waals surface area contributed by atoms with Gasteiger partial charge in [-0.25, -0.2) is 0 Å². The molecular formula is C19H14N2O3S2. The van der Waals surface area contributed by atoms with Crippen molar-refractivity contribution in [3.8, 4) is 5.88 Å². The summed E-state index contributed by atoms with van der Waals surface area (Å²) in [5, 5.41) is 10.8. The molecule has 0 radical (unpaired) electrons. The molecule has 1 N–H and O–H groups in total. The predicted molar refractivity (Wildman–Crippen MR) is 105 cm³/mol. The molecule has 1 saturated heterocycles. The third kappa shape index (κ3) is 2.52. The van der Waals surface area contributed by atoms with E-state index in [1.54, 1.807) is 4.57 Å². The van der Waals surface area contributed by atoms with Gasteiger partial charge in [0.15, 0.2) is 3.95 Å². The van der Waals surface area contributed by atoms with Crippen LogP contribution in [-0.4, -0.2) is 34.9 Å². The molecule has 0 bridgehead atoms. The van der Waals surface area contributed by atoms with Gasteiger partial charge in [-0.05, 0) is 36.5 Å². The topological polar surface area (TPSA) is 56.0 Å². The Hall–Kier alpha value is -2.32. The van der Waals surface area contributed by atoms with Gasteiger partial charge in [-0.2, -0.15) is 0 Å². The van der Waals surface area contributed by atoms with Crippen molar-refractivity contribution in [1.82, 2.24) is 4.57 Å². The van der Waals surface area contributed by atoms with Gasteiger partial charge in [0.1, 0.15) is 19.0 Å². The molecule has 0 spiro atoms. The Morgan fingerprint density at radius 3 is 3.04 bits per heavy atom. The monoisotopic (exact) mass is 382 g/mol. The van der Waals surface area contributed by atoms with Gasteiger partial charge in [0.25, 0.3) is 0 Å². The van der Waals surface area contributed by atoms with E-state index in [1.807, 2.05) is 54.8 Å². The van der Waals surface area contributed by atoms with E-state index >= 15 is 0 Å². The van der Waals surface area contributed by atoms with Crippen LogP contribution in [0.2, 0.25) is 0 Å². The molecule has 1 aromatic carbocycles. The third-order valence-corrected chi connectivity index (χ3v) is 5.86. The number of rotatable bonds is 2. The van der Waals surface area contributed by atoms with Crippen LogP contribution in [0, 0.1) is 3.95 Å². The minimum atomic E-state index is -0.146. The van der Waals surface area contributed by atoms with Crippen LogP contribution in [0.5, 0.6) is 5.88 Å². The fourth-order valence-corrected chi connectivity index (χ4v) is 4.56. The van der Waals surface area contributed by atoms with Crippen molar-refractivity contribution in [2.75, 3.05) is 6.79 Å². The van der Waals surface area contributed by atoms with Crippen molar-refractivity contribution in [1.29, 1.82) is 0 Å². The zero-order valence-electron chi connectivity index (χ0n) is 13.5. The highest BCUT2D eigenvalue weighted by molar-refractivity contribution is 7.73. The Morgan fingerprint density at radius 2 is 2.12 bits per heavy atom. The first-order chi connectivity index (χ1) is 12.7. The average Bonchev–Trinajstić information content (AvgIpc) is 3.34. The standard InChI is InChI=1S/C19H14N2O3S2/c22-18-17(7-11-9-20-14-4-2-1-3-13(11)14)26-19(25)21(18)12-5-6-15-16(8-12)24-10-23-15/h1-9,15-16,22H,10H2/t15-,16+/m1/s1. The highest BCUT2D eigenvalue weighted by Gasteiger charge is 2.29. The average molecular weight is 382 g/mol. The van der Waals surface area contributed by atoms with Crippen LogP contribution in [-0.2, 0) is 9.47 Å². The molecule has 5 rings (SSSR count). The van der Waals surface area contributed by atoms with Gasteiger partial charge in [-0.3, -0.25) is 9.56 Å². The number of aromatic nitrogens is 1. The molecule has 0 unspecified atom stereocenters. The third-order valence-electron chi connectivity index (χ3n) is 4.55. The summed E-state index contributed by atoms with van der Waals surface area (Å²) in [7, 11) is 0. The summed E-state index contributed by atoms with van der Waals surface area (Å²) in [4.78, 5) is 5.11. The summed E-state index contributed by atoms with van der Waals surface area (Å²) in [6.45, 7) is 0.278. The second kappa shape index (κ2) is 6.14. The first-order valence-corrected chi connectivity index (χ1v) is 9.37. The van der Waals surface area contributed by atoms with Crippen molar-refractivity contribution in [3.63, 3.8) is 0 Å². The maximum absolute atomic E-state index is 10.8. The van der Waals surface area contributed by atoms with Crippen molar-refractivity contribution >= 4 is 52.8 Å². The van der Waals surface area contributed by atoms with Crippen LogP contribution in [0.4, 0.5) is 5.69 Å². The molecule has 3 heterocycles. The van der Waals surface area contributed by atoms with Crippen LogP contribution >= 0.6 is 23.6 Å². The van der Waals surface area contributed by atoms with E-state index in [2.05, 4.69) is 4.99 Å². The lowest BCUT2D eigenvalue weighted by atomic mass is 10.1. The summed E-state index contributed by atoms with van der Waals surface area (Å²) in [6, 6.07) is 7.93. The second-order valence-electron chi connectivity index (χ2n) is 6.10. The minimum Gasteiger partial charge on any atom is -0.493 e. The Labute approximate surface area is 158 Å². The number of benzene rings is 1. The lowest BCUT2D eigenvalue weighted by molar-refractivity contribution is 0.0503. The van der Waals surface area contributed by atoms with Gasteiger partial charge in [0.2, 0.25) is 5.88 Å². The second-order valence-corrected chi connectivity index (χ2v) is 7.77. The number of aliphatic imine (C=N–C) groups is 1. The van der Waals surface area contributed by atoms with E-state index in [4.69, 9.17) is 21.7 Å². The predicted octanol–water partition coefficient (Wildman–Crippen LogP) is 4.39. The SMILES string of the molecule is Oc1c(C=C2C=Nc3ccccc32)sc(=S)n1C1=C[C@@H]2OCO[C@@H]2C=C1. The Kier molecular flexibility index (Phi) is 3.75. The zero-order chi connectivity index (χ0) is 17.7. The quantitative estimate of drug-likeness (QED) is 0.783. The Morgan fingerprint density at radius 1 is 1.27 bits per heavy atom. The highest BCUT2D eigenvalue weighted by Crippen LogP contribution is 2.37. The number of hydrogen-bond acceptors (Lipinski definition) is 6.